The van der Waals surface area contributed by atoms with Crippen LogP contribution in [0, 0.1) is 22.7 Å². The van der Waals surface area contributed by atoms with E-state index < -0.39 is 84.5 Å². The van der Waals surface area contributed by atoms with Gasteiger partial charge in [-0.05, 0) is 143 Å². The molecule has 0 aliphatic heterocycles. The Balaban J connectivity index is 1.42. The van der Waals surface area contributed by atoms with Crippen molar-refractivity contribution in [1.82, 2.24) is 41.9 Å². The molecule has 0 spiro atoms. The summed E-state index contributed by atoms with van der Waals surface area (Å²) in [6, 6.07) is 15.1. The highest BCUT2D eigenvalue weighted by molar-refractivity contribution is 7.98. The Morgan fingerprint density at radius 2 is 1.31 bits per heavy atom. The molecule has 0 aliphatic rings. The number of rotatable bonds is 29. The second-order valence-electron chi connectivity index (χ2n) is 20.1. The number of pyridine rings is 1. The topological polar surface area (TPSA) is 333 Å². The third-order valence-corrected chi connectivity index (χ3v) is 12.6. The highest BCUT2D eigenvalue weighted by atomic mass is 35.5. The van der Waals surface area contributed by atoms with Gasteiger partial charge in [0.1, 0.15) is 77.6 Å². The van der Waals surface area contributed by atoms with E-state index in [0.717, 1.165) is 5.56 Å². The largest absolute Gasteiger partial charge is 0.490 e. The number of carbonyl (C=O) groups is 6. The summed E-state index contributed by atoms with van der Waals surface area (Å²) < 4.78 is 33.4. The highest BCUT2D eigenvalue weighted by Gasteiger charge is 2.27. The molecule has 2 aromatic carbocycles. The molecule has 0 fully saturated rings. The van der Waals surface area contributed by atoms with Crippen molar-refractivity contribution in [3.63, 3.8) is 0 Å². The maximum Gasteiger partial charge on any atom is 0.407 e. The fourth-order valence-electron chi connectivity index (χ4n) is 7.41. The third-order valence-electron chi connectivity index (χ3n) is 11.3. The molecular weight excluding hydrogens is 1070 g/mol. The minimum Gasteiger partial charge on any atom is -0.490 e. The Morgan fingerprint density at radius 3 is 1.86 bits per heavy atom. The number of nitrogen functional groups attached to an aromatic ring is 1. The zero-order valence-electron chi connectivity index (χ0n) is 46.5. The Labute approximate surface area is 475 Å². The zero-order chi connectivity index (χ0) is 59.0. The molecule has 2 heterocycles. The predicted molar refractivity (Wildman–Crippen MR) is 299 cm³/mol. The van der Waals surface area contributed by atoms with Crippen LogP contribution in [0.15, 0.2) is 64.2 Å². The van der Waals surface area contributed by atoms with E-state index in [1.807, 2.05) is 0 Å². The average molecular weight is 1150 g/mol. The molecule has 432 valence electrons. The quantitative estimate of drug-likeness (QED) is 0.0129. The molecule has 0 radical (unpaired) electrons. The number of thioether (sulfide) groups is 1. The van der Waals surface area contributed by atoms with Gasteiger partial charge in [-0.2, -0.15) is 10.5 Å². The summed E-state index contributed by atoms with van der Waals surface area (Å²) in [7, 11) is 3.21. The number of hydrogen-bond acceptors (Lipinski definition) is 20. The van der Waals surface area contributed by atoms with Crippen LogP contribution < -0.4 is 42.4 Å². The fraction of sp³-hybridized carbons (Fsp3) is 0.491. The molecular formula is C55H72ClN11O12S. The molecule has 4 atom stereocenters. The van der Waals surface area contributed by atoms with E-state index >= 15 is 0 Å². The summed E-state index contributed by atoms with van der Waals surface area (Å²) in [6.45, 7) is 11.3. The number of alkyl carbamates (subject to hydrolysis) is 2. The lowest BCUT2D eigenvalue weighted by Crippen LogP contribution is -2.49. The highest BCUT2D eigenvalue weighted by Crippen LogP contribution is 2.37. The lowest BCUT2D eigenvalue weighted by Gasteiger charge is -2.22. The summed E-state index contributed by atoms with van der Waals surface area (Å²) in [5.41, 5.74) is 7.06. The van der Waals surface area contributed by atoms with Crippen molar-refractivity contribution >= 4 is 65.1 Å². The van der Waals surface area contributed by atoms with E-state index in [1.54, 1.807) is 104 Å². The van der Waals surface area contributed by atoms with E-state index in [-0.39, 0.29) is 45.6 Å². The van der Waals surface area contributed by atoms with Crippen LogP contribution in [-0.2, 0) is 43.9 Å². The lowest BCUT2D eigenvalue weighted by atomic mass is 9.97. The monoisotopic (exact) mass is 1150 g/mol. The van der Waals surface area contributed by atoms with Gasteiger partial charge in [0, 0.05) is 35.0 Å². The van der Waals surface area contributed by atoms with Crippen LogP contribution in [0.2, 0.25) is 5.02 Å². The number of unbranched alkanes of at least 4 members (excludes halogenated alkanes) is 2. The number of aromatic nitrogens is 2. The van der Waals surface area contributed by atoms with Gasteiger partial charge in [0.2, 0.25) is 17.7 Å². The standard InChI is InChI=1S/C55H72ClN11O12S/c1-33(65-48(70)43(61-9)15-11-13-25-63-53(73)79-55(5,6)7)51(71)76-31-39(77-44(68)28-64-47(69)42(60-8)14-10-12-24-62-52(72)78-54(2,3)4)30-74-38-22-18-34(19-23-38)45-40(26-57)46(59)67-50(41(45)27-58)80-32-37-29-75-49(66-37)35-16-20-36(56)21-17-35/h16-23,29,33,39,42-43,60-61H,10-15,24-25,28,30-32H2,1-9H3,(H2,59,67)(H,62,72)(H,63,73)(H,64,69)(H,65,70). The summed E-state index contributed by atoms with van der Waals surface area (Å²) in [5, 5.41) is 37.8. The van der Waals surface area contributed by atoms with Crippen LogP contribution in [0.4, 0.5) is 15.4 Å². The number of nitrogens with zero attached hydrogens (tertiary/aromatic N) is 4. The maximum atomic E-state index is 13.3. The Bertz CT molecular complexity index is 2810. The second kappa shape index (κ2) is 31.8. The van der Waals surface area contributed by atoms with Crippen molar-refractivity contribution in [3.05, 3.63) is 76.6 Å². The average Bonchev–Trinajstić information content (AvgIpc) is 4.00. The number of halogens is 1. The fourth-order valence-corrected chi connectivity index (χ4v) is 8.41. The van der Waals surface area contributed by atoms with Gasteiger partial charge in [-0.3, -0.25) is 14.4 Å². The number of anilines is 1. The maximum absolute atomic E-state index is 13.3. The van der Waals surface area contributed by atoms with E-state index in [2.05, 4.69) is 54.0 Å². The molecule has 0 bridgehead atoms. The van der Waals surface area contributed by atoms with Gasteiger partial charge in [0.25, 0.3) is 0 Å². The minimum atomic E-state index is -1.23. The van der Waals surface area contributed by atoms with Crippen molar-refractivity contribution in [1.29, 1.82) is 10.5 Å². The number of nitrogens with two attached hydrogens (primary N) is 1. The number of nitrogens with one attached hydrogen (secondary N) is 6. The first-order chi connectivity index (χ1) is 37.9. The smallest absolute Gasteiger partial charge is 0.407 e. The number of oxazole rings is 1. The number of esters is 2. The van der Waals surface area contributed by atoms with Crippen molar-refractivity contribution in [3.8, 4) is 40.5 Å². The Morgan fingerprint density at radius 1 is 0.750 bits per heavy atom. The molecule has 0 saturated heterocycles. The number of hydrogen-bond donors (Lipinski definition) is 7. The molecule has 0 aliphatic carbocycles. The molecule has 8 N–H and O–H groups in total. The van der Waals surface area contributed by atoms with Gasteiger partial charge in [0.05, 0.1) is 23.3 Å². The van der Waals surface area contributed by atoms with Gasteiger partial charge >= 0.3 is 24.1 Å². The first-order valence-electron chi connectivity index (χ1n) is 25.9. The molecule has 80 heavy (non-hydrogen) atoms. The summed E-state index contributed by atoms with van der Waals surface area (Å²) in [5.74, 6) is -1.88. The Kier molecular flexibility index (Phi) is 25.8. The number of nitriles is 2. The van der Waals surface area contributed by atoms with Crippen LogP contribution in [0.25, 0.3) is 22.6 Å². The third kappa shape index (κ3) is 22.2. The van der Waals surface area contributed by atoms with Gasteiger partial charge in [-0.25, -0.2) is 24.4 Å². The van der Waals surface area contributed by atoms with Gasteiger partial charge in [-0.1, -0.05) is 35.5 Å². The number of ether oxygens (including phenoxy) is 5. The van der Waals surface area contributed by atoms with Crippen LogP contribution in [0.1, 0.15) is 104 Å². The van der Waals surface area contributed by atoms with Crippen molar-refractivity contribution in [2.45, 2.75) is 133 Å². The van der Waals surface area contributed by atoms with E-state index in [0.29, 0.717) is 73.8 Å². The molecule has 4 aromatic rings. The van der Waals surface area contributed by atoms with Crippen molar-refractivity contribution in [2.75, 3.05) is 52.7 Å². The lowest BCUT2D eigenvalue weighted by molar-refractivity contribution is -0.161. The number of likely N-dealkylation sites (N-methyl/N-ethyl adjacent to an activating group) is 2. The van der Waals surface area contributed by atoms with E-state index in [1.165, 1.54) is 24.9 Å². The van der Waals surface area contributed by atoms with Crippen LogP contribution in [-0.4, -0.2) is 128 Å². The van der Waals surface area contributed by atoms with Gasteiger partial charge < -0.3 is 65.7 Å². The van der Waals surface area contributed by atoms with E-state index in [4.69, 9.17) is 45.4 Å². The normalized spacial score (nSPS) is 12.8. The molecule has 4 rings (SSSR count). The van der Waals surface area contributed by atoms with E-state index in [9.17, 15) is 39.3 Å². The predicted octanol–water partition coefficient (Wildman–Crippen LogP) is 6.70. The van der Waals surface area contributed by atoms with Gasteiger partial charge in [-0.15, -0.1) is 0 Å². The number of amides is 4. The first-order valence-corrected chi connectivity index (χ1v) is 27.2. The van der Waals surface area contributed by atoms with Gasteiger partial charge in [0.15, 0.2) is 6.10 Å². The SMILES string of the molecule is CNC(CCCCNC(=O)OC(C)(C)C)C(=O)NCC(=O)OC(COC(=O)C(C)NC(=O)C(CCCCNC(=O)OC(C)(C)C)NC)COc1ccc(-c2c(C#N)c(N)nc(SCc3coc(-c4ccc(Cl)cc4)n3)c2C#N)cc1. The molecule has 0 saturated carbocycles. The number of benzene rings is 2. The molecule has 4 unspecified atom stereocenters. The van der Waals surface area contributed by atoms with Crippen LogP contribution in [0.5, 0.6) is 5.75 Å². The molecule has 25 heteroatoms. The first kappa shape index (κ1) is 64.9. The molecule has 2 aromatic heterocycles. The number of carbonyl (C=O) groups excluding carboxylic acids is 6. The molecule has 23 nitrogen and oxygen atoms in total. The Hall–Kier alpha value is -7.64. The van der Waals surface area contributed by atoms with Crippen molar-refractivity contribution in [2.24, 2.45) is 0 Å². The van der Waals surface area contributed by atoms with Crippen LogP contribution in [0.3, 0.4) is 0 Å². The summed E-state index contributed by atoms with van der Waals surface area (Å²) in [4.78, 5) is 85.8. The zero-order valence-corrected chi connectivity index (χ0v) is 48.1. The second-order valence-corrected chi connectivity index (χ2v) is 21.5. The summed E-state index contributed by atoms with van der Waals surface area (Å²) >= 11 is 7.21. The summed E-state index contributed by atoms with van der Waals surface area (Å²) in [6.07, 6.45) is 2.20. The molecule has 4 amide bonds. The minimum absolute atomic E-state index is 0.0165. The van der Waals surface area contributed by atoms with Crippen LogP contribution >= 0.6 is 23.4 Å². The van der Waals surface area contributed by atoms with Crippen molar-refractivity contribution < 1.29 is 56.9 Å².